The molecule has 6 nitrogen and oxygen atoms in total. The van der Waals surface area contributed by atoms with E-state index >= 15 is 0 Å². The molecule has 1 aromatic carbocycles. The van der Waals surface area contributed by atoms with Gasteiger partial charge in [0.2, 0.25) is 0 Å². The van der Waals surface area contributed by atoms with Crippen molar-refractivity contribution in [1.29, 1.82) is 0 Å². The predicted octanol–water partition coefficient (Wildman–Crippen LogP) is 1.28. The van der Waals surface area contributed by atoms with Crippen molar-refractivity contribution in [3.05, 3.63) is 18.2 Å². The maximum atomic E-state index is 12.4. The van der Waals surface area contributed by atoms with Gasteiger partial charge in [0.15, 0.2) is 0 Å². The molecule has 1 atom stereocenters. The largest absolute Gasteiger partial charge is 0.489 e. The number of nitrogens with zero attached hydrogens (tertiary/aromatic N) is 2. The molecule has 0 saturated carbocycles. The van der Waals surface area contributed by atoms with E-state index in [1.165, 1.54) is 0 Å². The summed E-state index contributed by atoms with van der Waals surface area (Å²) in [6, 6.07) is 5.88. The third-order valence-corrected chi connectivity index (χ3v) is 3.95. The molecule has 0 aromatic heterocycles. The lowest BCUT2D eigenvalue weighted by Crippen LogP contribution is -2.40. The molecule has 2 heterocycles. The molecule has 120 valence electrons. The van der Waals surface area contributed by atoms with Gasteiger partial charge in [-0.2, -0.15) is 0 Å². The highest BCUT2D eigenvalue weighted by Gasteiger charge is 2.25. The number of hydrogen-bond donors (Lipinski definition) is 0. The monoisotopic (exact) mass is 306 g/mol. The third kappa shape index (κ3) is 3.18. The van der Waals surface area contributed by atoms with E-state index in [4.69, 9.17) is 14.2 Å². The lowest BCUT2D eigenvalue weighted by atomic mass is 10.2. The first-order valence-corrected chi connectivity index (χ1v) is 7.59. The first kappa shape index (κ1) is 15.1. The summed E-state index contributed by atoms with van der Waals surface area (Å²) in [5, 5.41) is 0. The fourth-order valence-electron chi connectivity index (χ4n) is 2.66. The first-order chi connectivity index (χ1) is 10.6. The number of ether oxygens (including phenoxy) is 3. The van der Waals surface area contributed by atoms with Gasteiger partial charge in [-0.05, 0) is 18.6 Å². The van der Waals surface area contributed by atoms with Gasteiger partial charge in [-0.1, -0.05) is 0 Å². The number of amides is 1. The quantitative estimate of drug-likeness (QED) is 0.839. The van der Waals surface area contributed by atoms with Crippen LogP contribution in [0.2, 0.25) is 0 Å². The normalized spacial score (nSPS) is 20.5. The van der Waals surface area contributed by atoms with Gasteiger partial charge in [-0.15, -0.1) is 0 Å². The summed E-state index contributed by atoms with van der Waals surface area (Å²) in [5.74, 6) is 0.712. The standard InChI is InChI=1S/C16H22N2O4/c1-17(2)12-3-4-14-15(9-12)21-8-6-18(14)16(19)11-22-13-5-7-20-10-13/h3-4,9,13H,5-8,10-11H2,1-2H3/t13-/m1/s1. The fraction of sp³-hybridized carbons (Fsp3) is 0.562. The summed E-state index contributed by atoms with van der Waals surface area (Å²) < 4.78 is 16.6. The molecule has 1 fully saturated rings. The molecule has 6 heteroatoms. The third-order valence-electron chi connectivity index (χ3n) is 3.95. The van der Waals surface area contributed by atoms with Crippen LogP contribution in [0.3, 0.4) is 0 Å². The van der Waals surface area contributed by atoms with Crippen molar-refractivity contribution >= 4 is 17.3 Å². The maximum Gasteiger partial charge on any atom is 0.253 e. The van der Waals surface area contributed by atoms with Crippen molar-refractivity contribution in [1.82, 2.24) is 0 Å². The SMILES string of the molecule is CN(C)c1ccc2c(c1)OCCN2C(=O)CO[C@@H]1CCOC1. The predicted molar refractivity (Wildman–Crippen MR) is 83.8 cm³/mol. The molecule has 0 spiro atoms. The van der Waals surface area contributed by atoms with Crippen molar-refractivity contribution in [2.24, 2.45) is 0 Å². The lowest BCUT2D eigenvalue weighted by Gasteiger charge is -2.30. The van der Waals surface area contributed by atoms with E-state index in [9.17, 15) is 4.79 Å². The zero-order valence-electron chi connectivity index (χ0n) is 13.1. The Kier molecular flexibility index (Phi) is 4.49. The molecule has 0 bridgehead atoms. The first-order valence-electron chi connectivity index (χ1n) is 7.59. The van der Waals surface area contributed by atoms with E-state index in [0.29, 0.717) is 26.4 Å². The number of hydrogen-bond acceptors (Lipinski definition) is 5. The summed E-state index contributed by atoms with van der Waals surface area (Å²) in [7, 11) is 3.95. The molecular formula is C16H22N2O4. The van der Waals surface area contributed by atoms with Crippen molar-refractivity contribution < 1.29 is 19.0 Å². The van der Waals surface area contributed by atoms with Crippen LogP contribution in [0.4, 0.5) is 11.4 Å². The Labute approximate surface area is 130 Å². The molecule has 2 aliphatic heterocycles. The summed E-state index contributed by atoms with van der Waals surface area (Å²) in [6.45, 7) is 2.44. The molecular weight excluding hydrogens is 284 g/mol. The number of rotatable bonds is 4. The van der Waals surface area contributed by atoms with Crippen LogP contribution in [0.1, 0.15) is 6.42 Å². The van der Waals surface area contributed by atoms with E-state index in [1.54, 1.807) is 4.90 Å². The zero-order valence-corrected chi connectivity index (χ0v) is 13.1. The Morgan fingerprint density at radius 1 is 1.41 bits per heavy atom. The average Bonchev–Trinajstić information content (AvgIpc) is 3.04. The molecule has 3 rings (SSSR count). The van der Waals surface area contributed by atoms with Gasteiger partial charge in [0.05, 0.1) is 24.9 Å². The Bertz CT molecular complexity index is 541. The van der Waals surface area contributed by atoms with Crippen molar-refractivity contribution in [2.75, 3.05) is 56.9 Å². The van der Waals surface area contributed by atoms with E-state index in [-0.39, 0.29) is 18.6 Å². The van der Waals surface area contributed by atoms with Crippen molar-refractivity contribution in [2.45, 2.75) is 12.5 Å². The Hall–Kier alpha value is -1.79. The van der Waals surface area contributed by atoms with Crippen LogP contribution in [0.25, 0.3) is 0 Å². The zero-order chi connectivity index (χ0) is 15.5. The molecule has 2 aliphatic rings. The molecule has 1 aromatic rings. The molecule has 22 heavy (non-hydrogen) atoms. The minimum absolute atomic E-state index is 0.0333. The molecule has 1 amide bonds. The number of carbonyl (C=O) groups is 1. The highest BCUT2D eigenvalue weighted by Crippen LogP contribution is 2.34. The molecule has 0 unspecified atom stereocenters. The Morgan fingerprint density at radius 3 is 3.00 bits per heavy atom. The highest BCUT2D eigenvalue weighted by atomic mass is 16.5. The number of benzene rings is 1. The van der Waals surface area contributed by atoms with E-state index < -0.39 is 0 Å². The topological polar surface area (TPSA) is 51.2 Å². The van der Waals surface area contributed by atoms with Crippen molar-refractivity contribution in [3.63, 3.8) is 0 Å². The van der Waals surface area contributed by atoms with Crippen LogP contribution in [-0.4, -0.2) is 59.1 Å². The van der Waals surface area contributed by atoms with Gasteiger partial charge < -0.3 is 24.0 Å². The van der Waals surface area contributed by atoms with Crippen LogP contribution in [0.15, 0.2) is 18.2 Å². The lowest BCUT2D eigenvalue weighted by molar-refractivity contribution is -0.125. The van der Waals surface area contributed by atoms with Gasteiger partial charge in [-0.25, -0.2) is 0 Å². The molecule has 0 N–H and O–H groups in total. The van der Waals surface area contributed by atoms with Crippen LogP contribution in [0, 0.1) is 0 Å². The van der Waals surface area contributed by atoms with Gasteiger partial charge in [0, 0.05) is 32.5 Å². The summed E-state index contributed by atoms with van der Waals surface area (Å²) in [6.07, 6.45) is 0.902. The van der Waals surface area contributed by atoms with Gasteiger partial charge in [0.1, 0.15) is 19.0 Å². The van der Waals surface area contributed by atoms with Crippen LogP contribution in [-0.2, 0) is 14.3 Å². The maximum absolute atomic E-state index is 12.4. The van der Waals surface area contributed by atoms with Crippen LogP contribution in [0.5, 0.6) is 5.75 Å². The Morgan fingerprint density at radius 2 is 2.27 bits per heavy atom. The molecule has 0 radical (unpaired) electrons. The van der Waals surface area contributed by atoms with Crippen molar-refractivity contribution in [3.8, 4) is 5.75 Å². The second kappa shape index (κ2) is 6.54. The van der Waals surface area contributed by atoms with Gasteiger partial charge >= 0.3 is 0 Å². The second-order valence-corrected chi connectivity index (χ2v) is 5.74. The minimum atomic E-state index is -0.0333. The summed E-state index contributed by atoms with van der Waals surface area (Å²) >= 11 is 0. The fourth-order valence-corrected chi connectivity index (χ4v) is 2.66. The molecule has 1 saturated heterocycles. The molecule has 0 aliphatic carbocycles. The minimum Gasteiger partial charge on any atom is -0.489 e. The van der Waals surface area contributed by atoms with Crippen LogP contribution >= 0.6 is 0 Å². The summed E-state index contributed by atoms with van der Waals surface area (Å²) in [4.78, 5) is 16.2. The number of carbonyl (C=O) groups excluding carboxylic acids is 1. The number of anilines is 2. The average molecular weight is 306 g/mol. The smallest absolute Gasteiger partial charge is 0.253 e. The number of fused-ring (bicyclic) bond motifs is 1. The van der Waals surface area contributed by atoms with E-state index in [1.807, 2.05) is 37.2 Å². The second-order valence-electron chi connectivity index (χ2n) is 5.74. The van der Waals surface area contributed by atoms with E-state index in [2.05, 4.69) is 0 Å². The Balaban J connectivity index is 1.69. The van der Waals surface area contributed by atoms with Gasteiger partial charge in [0.25, 0.3) is 5.91 Å². The highest BCUT2D eigenvalue weighted by molar-refractivity contribution is 5.96. The van der Waals surface area contributed by atoms with Gasteiger partial charge in [-0.3, -0.25) is 4.79 Å². The summed E-state index contributed by atoms with van der Waals surface area (Å²) in [5.41, 5.74) is 1.86. The van der Waals surface area contributed by atoms with E-state index in [0.717, 1.165) is 23.5 Å². The van der Waals surface area contributed by atoms with Crippen LogP contribution < -0.4 is 14.5 Å².